The van der Waals surface area contributed by atoms with Crippen molar-refractivity contribution >= 4 is 11.8 Å². The second-order valence-corrected chi connectivity index (χ2v) is 3.43. The summed E-state index contributed by atoms with van der Waals surface area (Å²) in [7, 11) is 1.45. The van der Waals surface area contributed by atoms with Crippen LogP contribution in [0.4, 0.5) is 4.39 Å². The molecular weight excluding hydrogens is 211 g/mol. The van der Waals surface area contributed by atoms with E-state index in [0.29, 0.717) is 12.0 Å². The van der Waals surface area contributed by atoms with Crippen LogP contribution in [0, 0.1) is 5.82 Å². The minimum atomic E-state index is -1.00. The van der Waals surface area contributed by atoms with E-state index in [4.69, 9.17) is 5.73 Å². The van der Waals surface area contributed by atoms with Gasteiger partial charge in [-0.05, 0) is 18.1 Å². The average molecular weight is 224 g/mol. The number of benzene rings is 1. The van der Waals surface area contributed by atoms with Crippen LogP contribution in [-0.2, 0) is 16.0 Å². The second-order valence-electron chi connectivity index (χ2n) is 3.43. The fourth-order valence-electron chi connectivity index (χ4n) is 1.28. The van der Waals surface area contributed by atoms with Crippen molar-refractivity contribution in [2.75, 3.05) is 13.6 Å². The molecule has 2 N–H and O–H groups in total. The van der Waals surface area contributed by atoms with Crippen LogP contribution in [0.25, 0.3) is 0 Å². The fourth-order valence-corrected chi connectivity index (χ4v) is 1.28. The second kappa shape index (κ2) is 5.25. The lowest BCUT2D eigenvalue weighted by atomic mass is 10.1. The zero-order valence-corrected chi connectivity index (χ0v) is 8.94. The minimum Gasteiger partial charge on any atom is -0.361 e. The Kier molecular flexibility index (Phi) is 3.99. The van der Waals surface area contributed by atoms with Crippen molar-refractivity contribution < 1.29 is 14.0 Å². The summed E-state index contributed by atoms with van der Waals surface area (Å²) in [5.74, 6) is -2.09. The molecule has 0 saturated carbocycles. The third-order valence-corrected chi connectivity index (χ3v) is 2.23. The maximum Gasteiger partial charge on any atom is 0.311 e. The van der Waals surface area contributed by atoms with Gasteiger partial charge >= 0.3 is 11.8 Å². The highest BCUT2D eigenvalue weighted by Gasteiger charge is 2.14. The number of halogens is 1. The predicted molar refractivity (Wildman–Crippen MR) is 56.9 cm³/mol. The first kappa shape index (κ1) is 12.2. The molecule has 0 aliphatic carbocycles. The van der Waals surface area contributed by atoms with Crippen LogP contribution in [0.15, 0.2) is 24.3 Å². The summed E-state index contributed by atoms with van der Waals surface area (Å²) < 4.78 is 13.2. The van der Waals surface area contributed by atoms with E-state index in [0.717, 1.165) is 0 Å². The third kappa shape index (κ3) is 3.05. The number of likely N-dealkylation sites (N-methyl/N-ethyl adjacent to an activating group) is 1. The monoisotopic (exact) mass is 224 g/mol. The van der Waals surface area contributed by atoms with Crippen molar-refractivity contribution in [3.05, 3.63) is 35.6 Å². The van der Waals surface area contributed by atoms with E-state index in [1.165, 1.54) is 18.0 Å². The number of rotatable bonds is 3. The number of nitrogens with zero attached hydrogens (tertiary/aromatic N) is 1. The smallest absolute Gasteiger partial charge is 0.311 e. The zero-order valence-electron chi connectivity index (χ0n) is 8.94. The molecule has 0 bridgehead atoms. The highest BCUT2D eigenvalue weighted by Crippen LogP contribution is 2.07. The maximum absolute atomic E-state index is 13.2. The fraction of sp³-hybridized carbons (Fsp3) is 0.273. The highest BCUT2D eigenvalue weighted by molar-refractivity contribution is 6.34. The van der Waals surface area contributed by atoms with Gasteiger partial charge in [-0.1, -0.05) is 18.2 Å². The molecule has 0 heterocycles. The van der Waals surface area contributed by atoms with Crippen molar-refractivity contribution in [3.8, 4) is 0 Å². The Balaban J connectivity index is 2.55. The van der Waals surface area contributed by atoms with E-state index in [1.807, 2.05) is 0 Å². The normalized spacial score (nSPS) is 9.88. The minimum absolute atomic E-state index is 0.253. The first-order chi connectivity index (χ1) is 7.52. The molecule has 0 aliphatic heterocycles. The summed E-state index contributed by atoms with van der Waals surface area (Å²) in [6.45, 7) is 0.253. The third-order valence-electron chi connectivity index (χ3n) is 2.23. The average Bonchev–Trinajstić information content (AvgIpc) is 2.26. The van der Waals surface area contributed by atoms with Gasteiger partial charge in [-0.25, -0.2) is 4.39 Å². The molecule has 4 nitrogen and oxygen atoms in total. The van der Waals surface area contributed by atoms with E-state index in [9.17, 15) is 14.0 Å². The Bertz CT molecular complexity index is 407. The molecule has 5 heteroatoms. The molecule has 0 atom stereocenters. The number of hydrogen-bond donors (Lipinski definition) is 1. The molecule has 0 aliphatic rings. The van der Waals surface area contributed by atoms with Crippen molar-refractivity contribution in [2.45, 2.75) is 6.42 Å². The standard InChI is InChI=1S/C11H13FN2O2/c1-14(11(16)10(13)15)7-6-8-4-2-3-5-9(8)12/h2-5H,6-7H2,1H3,(H2,13,15). The van der Waals surface area contributed by atoms with Crippen LogP contribution in [0.1, 0.15) is 5.56 Å². The topological polar surface area (TPSA) is 63.4 Å². The van der Waals surface area contributed by atoms with E-state index < -0.39 is 11.8 Å². The molecule has 0 spiro atoms. The van der Waals surface area contributed by atoms with Gasteiger partial charge in [0.2, 0.25) is 0 Å². The molecule has 0 aromatic heterocycles. The largest absolute Gasteiger partial charge is 0.361 e. The Hall–Kier alpha value is -1.91. The van der Waals surface area contributed by atoms with Crippen LogP contribution in [0.5, 0.6) is 0 Å². The summed E-state index contributed by atoms with van der Waals surface area (Å²) in [4.78, 5) is 22.9. The van der Waals surface area contributed by atoms with E-state index in [-0.39, 0.29) is 12.4 Å². The van der Waals surface area contributed by atoms with E-state index in [2.05, 4.69) is 0 Å². The van der Waals surface area contributed by atoms with Crippen molar-refractivity contribution in [1.29, 1.82) is 0 Å². The van der Waals surface area contributed by atoms with Crippen LogP contribution in [0.2, 0.25) is 0 Å². The Morgan fingerprint density at radius 1 is 1.38 bits per heavy atom. The van der Waals surface area contributed by atoms with Gasteiger partial charge in [-0.15, -0.1) is 0 Å². The van der Waals surface area contributed by atoms with Gasteiger partial charge in [-0.2, -0.15) is 0 Å². The summed E-state index contributed by atoms with van der Waals surface area (Å²) in [6.07, 6.45) is 0.349. The van der Waals surface area contributed by atoms with Gasteiger partial charge in [0.1, 0.15) is 5.82 Å². The van der Waals surface area contributed by atoms with Gasteiger partial charge in [0.05, 0.1) is 0 Å². The van der Waals surface area contributed by atoms with Crippen molar-refractivity contribution in [1.82, 2.24) is 4.90 Å². The molecule has 0 fully saturated rings. The lowest BCUT2D eigenvalue weighted by Gasteiger charge is -2.14. The van der Waals surface area contributed by atoms with E-state index in [1.54, 1.807) is 18.2 Å². The van der Waals surface area contributed by atoms with Gasteiger partial charge in [0, 0.05) is 13.6 Å². The first-order valence-electron chi connectivity index (χ1n) is 4.80. The zero-order chi connectivity index (χ0) is 12.1. The molecule has 1 aromatic rings. The molecule has 0 radical (unpaired) electrons. The molecule has 2 amide bonds. The van der Waals surface area contributed by atoms with Crippen LogP contribution >= 0.6 is 0 Å². The molecule has 86 valence electrons. The first-order valence-corrected chi connectivity index (χ1v) is 4.80. The van der Waals surface area contributed by atoms with E-state index >= 15 is 0 Å². The SMILES string of the molecule is CN(CCc1ccccc1F)C(=O)C(N)=O. The number of carbonyl (C=O) groups is 2. The molecule has 0 saturated heterocycles. The number of carbonyl (C=O) groups excluding carboxylic acids is 2. The lowest BCUT2D eigenvalue weighted by molar-refractivity contribution is -0.143. The predicted octanol–water partition coefficient (Wildman–Crippen LogP) is 0.312. The van der Waals surface area contributed by atoms with Gasteiger partial charge in [0.15, 0.2) is 0 Å². The van der Waals surface area contributed by atoms with Crippen LogP contribution < -0.4 is 5.73 Å². The van der Waals surface area contributed by atoms with Crippen molar-refractivity contribution in [3.63, 3.8) is 0 Å². The summed E-state index contributed by atoms with van der Waals surface area (Å²) in [6, 6.07) is 6.30. The molecule has 0 unspecified atom stereocenters. The number of nitrogens with two attached hydrogens (primary N) is 1. The van der Waals surface area contributed by atoms with Crippen LogP contribution in [0.3, 0.4) is 0 Å². The summed E-state index contributed by atoms with van der Waals surface area (Å²) in [5.41, 5.74) is 5.34. The van der Waals surface area contributed by atoms with Gasteiger partial charge in [0.25, 0.3) is 0 Å². The molecule has 1 aromatic carbocycles. The van der Waals surface area contributed by atoms with Gasteiger partial charge in [-0.3, -0.25) is 9.59 Å². The Morgan fingerprint density at radius 2 is 2.00 bits per heavy atom. The molecule has 1 rings (SSSR count). The Labute approximate surface area is 92.8 Å². The summed E-state index contributed by atoms with van der Waals surface area (Å²) >= 11 is 0. The molecular formula is C11H13FN2O2. The quantitative estimate of drug-likeness (QED) is 0.751. The van der Waals surface area contributed by atoms with Crippen LogP contribution in [-0.4, -0.2) is 30.3 Å². The summed E-state index contributed by atoms with van der Waals surface area (Å²) in [5, 5.41) is 0. The lowest BCUT2D eigenvalue weighted by Crippen LogP contribution is -2.38. The number of hydrogen-bond acceptors (Lipinski definition) is 2. The van der Waals surface area contributed by atoms with Gasteiger partial charge < -0.3 is 10.6 Å². The van der Waals surface area contributed by atoms with Crippen molar-refractivity contribution in [2.24, 2.45) is 5.73 Å². The Morgan fingerprint density at radius 3 is 2.56 bits per heavy atom. The molecule has 16 heavy (non-hydrogen) atoms. The number of amides is 2. The maximum atomic E-state index is 13.2. The number of primary amides is 1. The highest BCUT2D eigenvalue weighted by atomic mass is 19.1.